The first-order valence-electron chi connectivity index (χ1n) is 6.87. The van der Waals surface area contributed by atoms with Gasteiger partial charge >= 0.3 is 0 Å². The minimum absolute atomic E-state index is 0.0637. The lowest BCUT2D eigenvalue weighted by Gasteiger charge is -2.24. The molecule has 0 saturated heterocycles. The molecular formula is C17H20N2OS. The van der Waals surface area contributed by atoms with Crippen LogP contribution in [0.1, 0.15) is 16.5 Å². The third-order valence-electron chi connectivity index (χ3n) is 3.22. The van der Waals surface area contributed by atoms with E-state index in [1.54, 1.807) is 17.4 Å². The van der Waals surface area contributed by atoms with Gasteiger partial charge < -0.3 is 10.2 Å². The van der Waals surface area contributed by atoms with Crippen LogP contribution in [0.15, 0.2) is 53.9 Å². The largest absolute Gasteiger partial charge is 0.351 e. The van der Waals surface area contributed by atoms with Crippen molar-refractivity contribution in [3.05, 3.63) is 64.4 Å². The predicted molar refractivity (Wildman–Crippen MR) is 89.2 cm³/mol. The van der Waals surface area contributed by atoms with E-state index in [1.165, 1.54) is 5.56 Å². The molecule has 1 unspecified atom stereocenters. The molecule has 21 heavy (non-hydrogen) atoms. The lowest BCUT2D eigenvalue weighted by Crippen LogP contribution is -2.33. The van der Waals surface area contributed by atoms with Gasteiger partial charge in [-0.1, -0.05) is 36.4 Å². The average Bonchev–Trinajstić information content (AvgIpc) is 2.99. The van der Waals surface area contributed by atoms with E-state index in [4.69, 9.17) is 0 Å². The number of thiophene rings is 1. The zero-order chi connectivity index (χ0) is 15.1. The van der Waals surface area contributed by atoms with E-state index in [-0.39, 0.29) is 11.9 Å². The Hall–Kier alpha value is -1.91. The summed E-state index contributed by atoms with van der Waals surface area (Å²) in [5.41, 5.74) is 1.20. The standard InChI is InChI=1S/C17H20N2OS/c1-19(2)16(14-7-4-3-5-8-14)13-18-17(20)11-10-15-9-6-12-21-15/h3-12,16H,13H2,1-2H3,(H,18,20)/b11-10+. The summed E-state index contributed by atoms with van der Waals surface area (Å²) in [6, 6.07) is 14.3. The summed E-state index contributed by atoms with van der Waals surface area (Å²) in [6.45, 7) is 0.588. The maximum Gasteiger partial charge on any atom is 0.244 e. The molecule has 4 heteroatoms. The highest BCUT2D eigenvalue weighted by atomic mass is 32.1. The van der Waals surface area contributed by atoms with Crippen LogP contribution in [0.5, 0.6) is 0 Å². The van der Waals surface area contributed by atoms with E-state index >= 15 is 0 Å². The van der Waals surface area contributed by atoms with Crippen molar-refractivity contribution in [3.63, 3.8) is 0 Å². The fraction of sp³-hybridized carbons (Fsp3) is 0.235. The Morgan fingerprint density at radius 3 is 2.62 bits per heavy atom. The highest BCUT2D eigenvalue weighted by Crippen LogP contribution is 2.16. The molecule has 1 heterocycles. The molecule has 1 aromatic heterocycles. The maximum atomic E-state index is 11.9. The molecule has 0 fully saturated rings. The third-order valence-corrected chi connectivity index (χ3v) is 4.06. The highest BCUT2D eigenvalue weighted by molar-refractivity contribution is 7.10. The van der Waals surface area contributed by atoms with Crippen LogP contribution in [0.4, 0.5) is 0 Å². The van der Waals surface area contributed by atoms with Crippen molar-refractivity contribution >= 4 is 23.3 Å². The molecule has 0 saturated carbocycles. The van der Waals surface area contributed by atoms with Gasteiger partial charge in [0.2, 0.25) is 5.91 Å². The van der Waals surface area contributed by atoms with E-state index in [1.807, 2.05) is 55.9 Å². The van der Waals surface area contributed by atoms with Crippen LogP contribution >= 0.6 is 11.3 Å². The predicted octanol–water partition coefficient (Wildman–Crippen LogP) is 3.18. The van der Waals surface area contributed by atoms with Crippen LogP contribution in [-0.2, 0) is 4.79 Å². The van der Waals surface area contributed by atoms with Crippen molar-refractivity contribution in [3.8, 4) is 0 Å². The van der Waals surface area contributed by atoms with Crippen molar-refractivity contribution in [1.29, 1.82) is 0 Å². The molecular weight excluding hydrogens is 280 g/mol. The fourth-order valence-corrected chi connectivity index (χ4v) is 2.69. The number of rotatable bonds is 6. The zero-order valence-corrected chi connectivity index (χ0v) is 13.1. The molecule has 0 spiro atoms. The van der Waals surface area contributed by atoms with Gasteiger partial charge in [-0.25, -0.2) is 0 Å². The second-order valence-corrected chi connectivity index (χ2v) is 5.96. The quantitative estimate of drug-likeness (QED) is 0.831. The first-order valence-corrected chi connectivity index (χ1v) is 7.75. The first kappa shape index (κ1) is 15.5. The molecule has 0 aliphatic carbocycles. The average molecular weight is 300 g/mol. The summed E-state index contributed by atoms with van der Waals surface area (Å²) in [5, 5.41) is 4.96. The van der Waals surface area contributed by atoms with Gasteiger partial charge in [-0.2, -0.15) is 0 Å². The molecule has 1 N–H and O–H groups in total. The van der Waals surface area contributed by atoms with Gasteiger partial charge in [0, 0.05) is 17.5 Å². The Bertz CT molecular complexity index is 576. The second-order valence-electron chi connectivity index (χ2n) is 4.98. The molecule has 0 bridgehead atoms. The molecule has 3 nitrogen and oxygen atoms in total. The summed E-state index contributed by atoms with van der Waals surface area (Å²) >= 11 is 1.62. The molecule has 0 aliphatic rings. The van der Waals surface area contributed by atoms with Gasteiger partial charge in [0.05, 0.1) is 6.04 Å². The van der Waals surface area contributed by atoms with Crippen molar-refractivity contribution in [2.45, 2.75) is 6.04 Å². The summed E-state index contributed by atoms with van der Waals surface area (Å²) in [4.78, 5) is 15.1. The Labute approximate surface area is 129 Å². The second kappa shape index (κ2) is 7.76. The van der Waals surface area contributed by atoms with E-state index in [9.17, 15) is 4.79 Å². The Balaban J connectivity index is 1.92. The molecule has 2 aromatic rings. The number of nitrogens with zero attached hydrogens (tertiary/aromatic N) is 1. The number of likely N-dealkylation sites (N-methyl/N-ethyl adjacent to an activating group) is 1. The van der Waals surface area contributed by atoms with Gasteiger partial charge in [0.1, 0.15) is 0 Å². The SMILES string of the molecule is CN(C)C(CNC(=O)/C=C/c1cccs1)c1ccccc1. The third kappa shape index (κ3) is 4.85. The summed E-state index contributed by atoms with van der Waals surface area (Å²) in [6.07, 6.45) is 3.43. The molecule has 0 radical (unpaired) electrons. The number of hydrogen-bond acceptors (Lipinski definition) is 3. The Kier molecular flexibility index (Phi) is 5.72. The number of benzene rings is 1. The zero-order valence-electron chi connectivity index (χ0n) is 12.3. The Morgan fingerprint density at radius 1 is 1.24 bits per heavy atom. The van der Waals surface area contributed by atoms with Crippen molar-refractivity contribution < 1.29 is 4.79 Å². The first-order chi connectivity index (χ1) is 10.2. The van der Waals surface area contributed by atoms with Gasteiger partial charge in [0.25, 0.3) is 0 Å². The van der Waals surface area contributed by atoms with E-state index in [0.29, 0.717) is 6.54 Å². The van der Waals surface area contributed by atoms with Gasteiger partial charge in [-0.05, 0) is 37.2 Å². The van der Waals surface area contributed by atoms with E-state index in [2.05, 4.69) is 22.3 Å². The molecule has 1 atom stereocenters. The topological polar surface area (TPSA) is 32.3 Å². The minimum Gasteiger partial charge on any atom is -0.351 e. The van der Waals surface area contributed by atoms with Crippen molar-refractivity contribution in [2.24, 2.45) is 0 Å². The Morgan fingerprint density at radius 2 is 2.00 bits per heavy atom. The molecule has 1 aromatic carbocycles. The number of hydrogen-bond donors (Lipinski definition) is 1. The molecule has 0 aliphatic heterocycles. The summed E-state index contributed by atoms with van der Waals surface area (Å²) < 4.78 is 0. The number of carbonyl (C=O) groups is 1. The lowest BCUT2D eigenvalue weighted by molar-refractivity contribution is -0.116. The van der Waals surface area contributed by atoms with Crippen LogP contribution in [0.2, 0.25) is 0 Å². The van der Waals surface area contributed by atoms with Crippen molar-refractivity contribution in [1.82, 2.24) is 10.2 Å². The van der Waals surface area contributed by atoms with Gasteiger partial charge in [-0.3, -0.25) is 4.79 Å². The van der Waals surface area contributed by atoms with Crippen molar-refractivity contribution in [2.75, 3.05) is 20.6 Å². The number of carbonyl (C=O) groups excluding carboxylic acids is 1. The van der Waals surface area contributed by atoms with E-state index < -0.39 is 0 Å². The maximum absolute atomic E-state index is 11.9. The summed E-state index contributed by atoms with van der Waals surface area (Å²) in [5.74, 6) is -0.0637. The minimum atomic E-state index is -0.0637. The van der Waals surface area contributed by atoms with Gasteiger partial charge in [-0.15, -0.1) is 11.3 Å². The van der Waals surface area contributed by atoms with Crippen LogP contribution < -0.4 is 5.32 Å². The molecule has 110 valence electrons. The highest BCUT2D eigenvalue weighted by Gasteiger charge is 2.13. The number of nitrogens with one attached hydrogen (secondary N) is 1. The van der Waals surface area contributed by atoms with Crippen LogP contribution in [0.25, 0.3) is 6.08 Å². The smallest absolute Gasteiger partial charge is 0.244 e. The normalized spacial score (nSPS) is 12.7. The monoisotopic (exact) mass is 300 g/mol. The van der Waals surface area contributed by atoms with Crippen LogP contribution in [0.3, 0.4) is 0 Å². The van der Waals surface area contributed by atoms with Crippen LogP contribution in [0, 0.1) is 0 Å². The molecule has 2 rings (SSSR count). The molecule has 1 amide bonds. The fourth-order valence-electron chi connectivity index (χ4n) is 2.07. The van der Waals surface area contributed by atoms with E-state index in [0.717, 1.165) is 4.88 Å². The lowest BCUT2D eigenvalue weighted by atomic mass is 10.1. The number of amides is 1. The van der Waals surface area contributed by atoms with Gasteiger partial charge in [0.15, 0.2) is 0 Å². The summed E-state index contributed by atoms with van der Waals surface area (Å²) in [7, 11) is 4.04. The van der Waals surface area contributed by atoms with Crippen LogP contribution in [-0.4, -0.2) is 31.4 Å².